The molecule has 0 aliphatic carbocycles. The predicted molar refractivity (Wildman–Crippen MR) is 121 cm³/mol. The molecular weight excluding hydrogens is 456 g/mol. The number of nitrogens with zero attached hydrogens (tertiary/aromatic N) is 3. The van der Waals surface area contributed by atoms with Gasteiger partial charge in [0, 0.05) is 5.69 Å². The SMILES string of the molecule is CCOC(=O)C1=C(CSc2nc(C)ccc2C#N)OC(N)=C(C#N)C1c1ccc2c(c1)OCO2. The molecule has 9 nitrogen and oxygen atoms in total. The highest BCUT2D eigenvalue weighted by Gasteiger charge is 2.38. The van der Waals surface area contributed by atoms with Gasteiger partial charge in [-0.15, -0.1) is 0 Å². The lowest BCUT2D eigenvalue weighted by Gasteiger charge is -2.28. The Bertz CT molecular complexity index is 1310. The summed E-state index contributed by atoms with van der Waals surface area (Å²) in [6.07, 6.45) is 0. The van der Waals surface area contributed by atoms with Crippen molar-refractivity contribution in [3.8, 4) is 23.6 Å². The molecule has 172 valence electrons. The summed E-state index contributed by atoms with van der Waals surface area (Å²) in [7, 11) is 0. The van der Waals surface area contributed by atoms with Gasteiger partial charge in [-0.2, -0.15) is 10.5 Å². The van der Waals surface area contributed by atoms with E-state index < -0.39 is 11.9 Å². The first-order valence-electron chi connectivity index (χ1n) is 10.3. The van der Waals surface area contributed by atoms with Gasteiger partial charge in [-0.1, -0.05) is 17.8 Å². The van der Waals surface area contributed by atoms with Gasteiger partial charge in [-0.25, -0.2) is 9.78 Å². The highest BCUT2D eigenvalue weighted by molar-refractivity contribution is 7.99. The Labute approximate surface area is 200 Å². The van der Waals surface area contributed by atoms with Crippen molar-refractivity contribution in [2.45, 2.75) is 24.8 Å². The van der Waals surface area contributed by atoms with E-state index in [2.05, 4.69) is 17.1 Å². The van der Waals surface area contributed by atoms with Crippen molar-refractivity contribution in [2.24, 2.45) is 5.73 Å². The fourth-order valence-electron chi connectivity index (χ4n) is 3.65. The van der Waals surface area contributed by atoms with Crippen LogP contribution in [-0.4, -0.2) is 30.1 Å². The lowest BCUT2D eigenvalue weighted by atomic mass is 9.83. The first-order valence-corrected chi connectivity index (χ1v) is 11.3. The third-order valence-electron chi connectivity index (χ3n) is 5.18. The number of esters is 1. The van der Waals surface area contributed by atoms with Gasteiger partial charge in [0.05, 0.1) is 29.4 Å². The van der Waals surface area contributed by atoms with Crippen LogP contribution in [0.4, 0.5) is 0 Å². The van der Waals surface area contributed by atoms with E-state index in [-0.39, 0.29) is 41.9 Å². The third-order valence-corrected chi connectivity index (χ3v) is 6.17. The molecule has 2 N–H and O–H groups in total. The topological polar surface area (TPSA) is 140 Å². The summed E-state index contributed by atoms with van der Waals surface area (Å²) in [5, 5.41) is 19.8. The van der Waals surface area contributed by atoms with Crippen molar-refractivity contribution in [2.75, 3.05) is 19.2 Å². The van der Waals surface area contributed by atoms with E-state index in [0.29, 0.717) is 27.7 Å². The first kappa shape index (κ1) is 23.0. The molecule has 0 bridgehead atoms. The van der Waals surface area contributed by atoms with E-state index >= 15 is 0 Å². The summed E-state index contributed by atoms with van der Waals surface area (Å²) in [6.45, 7) is 3.73. The van der Waals surface area contributed by atoms with Crippen LogP contribution in [0.1, 0.15) is 29.7 Å². The van der Waals surface area contributed by atoms with Crippen molar-refractivity contribution in [1.29, 1.82) is 10.5 Å². The molecule has 2 aromatic rings. The molecule has 1 atom stereocenters. The Morgan fingerprint density at radius 1 is 1.24 bits per heavy atom. The minimum atomic E-state index is -0.830. The summed E-state index contributed by atoms with van der Waals surface area (Å²) in [4.78, 5) is 17.5. The second-order valence-electron chi connectivity index (χ2n) is 7.30. The van der Waals surface area contributed by atoms with Gasteiger partial charge < -0.3 is 24.7 Å². The molecule has 34 heavy (non-hydrogen) atoms. The first-order chi connectivity index (χ1) is 16.5. The van der Waals surface area contributed by atoms with Gasteiger partial charge in [0.2, 0.25) is 12.7 Å². The molecule has 0 spiro atoms. The predicted octanol–water partition coefficient (Wildman–Crippen LogP) is 3.41. The number of hydrogen-bond acceptors (Lipinski definition) is 10. The van der Waals surface area contributed by atoms with Crippen LogP contribution in [0, 0.1) is 29.6 Å². The second kappa shape index (κ2) is 9.77. The highest BCUT2D eigenvalue weighted by atomic mass is 32.2. The highest BCUT2D eigenvalue weighted by Crippen LogP contribution is 2.44. The third kappa shape index (κ3) is 4.36. The molecular formula is C24H20N4O5S. The average molecular weight is 477 g/mol. The van der Waals surface area contributed by atoms with Gasteiger partial charge in [0.15, 0.2) is 11.5 Å². The molecule has 0 fully saturated rings. The fraction of sp³-hybridized carbons (Fsp3) is 0.250. The van der Waals surface area contributed by atoms with Crippen LogP contribution in [0.5, 0.6) is 11.5 Å². The number of aryl methyl sites for hydroxylation is 1. The van der Waals surface area contributed by atoms with Crippen LogP contribution >= 0.6 is 11.8 Å². The maximum absolute atomic E-state index is 13.1. The van der Waals surface area contributed by atoms with Crippen LogP contribution in [0.15, 0.2) is 58.1 Å². The number of ether oxygens (including phenoxy) is 4. The molecule has 4 rings (SSSR count). The number of allylic oxidation sites excluding steroid dienone is 1. The quantitative estimate of drug-likeness (QED) is 0.487. The Morgan fingerprint density at radius 3 is 2.76 bits per heavy atom. The molecule has 0 saturated heterocycles. The van der Waals surface area contributed by atoms with Crippen molar-refractivity contribution < 1.29 is 23.7 Å². The molecule has 10 heteroatoms. The van der Waals surface area contributed by atoms with E-state index in [0.717, 1.165) is 5.69 Å². The van der Waals surface area contributed by atoms with Crippen molar-refractivity contribution in [1.82, 2.24) is 4.98 Å². The molecule has 1 aromatic carbocycles. The Balaban J connectivity index is 1.79. The minimum absolute atomic E-state index is 0.0852. The fourth-order valence-corrected chi connectivity index (χ4v) is 4.61. The van der Waals surface area contributed by atoms with Crippen LogP contribution in [0.3, 0.4) is 0 Å². The molecule has 2 aliphatic heterocycles. The largest absolute Gasteiger partial charge is 0.463 e. The van der Waals surface area contributed by atoms with Crippen molar-refractivity contribution >= 4 is 17.7 Å². The maximum Gasteiger partial charge on any atom is 0.338 e. The summed E-state index contributed by atoms with van der Waals surface area (Å²) < 4.78 is 21.9. The van der Waals surface area contributed by atoms with Crippen LogP contribution in [0.2, 0.25) is 0 Å². The summed E-state index contributed by atoms with van der Waals surface area (Å²) in [5.41, 5.74) is 8.11. The summed E-state index contributed by atoms with van der Waals surface area (Å²) in [6, 6.07) is 12.8. The Kier molecular flexibility index (Phi) is 6.62. The van der Waals surface area contributed by atoms with Gasteiger partial charge >= 0.3 is 5.97 Å². The Hall–Kier alpha value is -4.15. The summed E-state index contributed by atoms with van der Waals surface area (Å²) >= 11 is 1.23. The monoisotopic (exact) mass is 476 g/mol. The Morgan fingerprint density at radius 2 is 2.03 bits per heavy atom. The maximum atomic E-state index is 13.1. The number of carbonyl (C=O) groups excluding carboxylic acids is 1. The van der Waals surface area contributed by atoms with Crippen molar-refractivity contribution in [3.63, 3.8) is 0 Å². The molecule has 1 unspecified atom stereocenters. The second-order valence-corrected chi connectivity index (χ2v) is 8.26. The number of nitriles is 2. The van der Waals surface area contributed by atoms with Crippen molar-refractivity contribution in [3.05, 3.63) is 69.9 Å². The lowest BCUT2D eigenvalue weighted by molar-refractivity contribution is -0.139. The van der Waals surface area contributed by atoms with Crippen LogP contribution < -0.4 is 15.2 Å². The molecule has 2 aliphatic rings. The number of nitrogens with two attached hydrogens (primary N) is 1. The van der Waals surface area contributed by atoms with E-state index in [9.17, 15) is 15.3 Å². The van der Waals surface area contributed by atoms with Gasteiger partial charge in [-0.3, -0.25) is 0 Å². The summed E-state index contributed by atoms with van der Waals surface area (Å²) in [5.74, 6) is -0.122. The average Bonchev–Trinajstić information content (AvgIpc) is 3.30. The molecule has 1 aromatic heterocycles. The van der Waals surface area contributed by atoms with Gasteiger partial charge in [-0.05, 0) is 43.7 Å². The van der Waals surface area contributed by atoms with E-state index in [4.69, 9.17) is 24.7 Å². The minimum Gasteiger partial charge on any atom is -0.463 e. The zero-order chi connectivity index (χ0) is 24.2. The number of pyridine rings is 1. The van der Waals surface area contributed by atoms with Crippen LogP contribution in [0.25, 0.3) is 0 Å². The molecule has 0 amide bonds. The number of aromatic nitrogens is 1. The number of rotatable bonds is 6. The standard InChI is InChI=1S/C24H20N4O5S/c1-3-30-24(29)21-19(11-34-23-15(9-25)5-4-13(2)28-23)33-22(27)16(10-26)20(21)14-6-7-17-18(8-14)32-12-31-17/h4-8,20H,3,11-12,27H2,1-2H3. The lowest BCUT2D eigenvalue weighted by Crippen LogP contribution is -2.27. The molecule has 3 heterocycles. The molecule has 0 saturated carbocycles. The normalized spacial score (nSPS) is 16.5. The number of thioether (sulfide) groups is 1. The number of hydrogen-bond donors (Lipinski definition) is 1. The number of benzene rings is 1. The van der Waals surface area contributed by atoms with E-state index in [1.165, 1.54) is 11.8 Å². The smallest absolute Gasteiger partial charge is 0.338 e. The molecule has 0 radical (unpaired) electrons. The van der Waals surface area contributed by atoms with E-state index in [1.807, 2.05) is 6.92 Å². The zero-order valence-electron chi connectivity index (χ0n) is 18.5. The van der Waals surface area contributed by atoms with Crippen LogP contribution in [-0.2, 0) is 14.3 Å². The van der Waals surface area contributed by atoms with Gasteiger partial charge in [0.25, 0.3) is 0 Å². The van der Waals surface area contributed by atoms with Gasteiger partial charge in [0.1, 0.15) is 28.5 Å². The zero-order valence-corrected chi connectivity index (χ0v) is 19.3. The number of fused-ring (bicyclic) bond motifs is 1. The van der Waals surface area contributed by atoms with E-state index in [1.54, 1.807) is 37.3 Å². The number of carbonyl (C=O) groups is 1.